The Morgan fingerprint density at radius 1 is 1.00 bits per heavy atom. The molecule has 0 amide bonds. The third-order valence-electron chi connectivity index (χ3n) is 4.05. The van der Waals surface area contributed by atoms with Crippen molar-refractivity contribution >= 4 is 28.0 Å². The van der Waals surface area contributed by atoms with Crippen molar-refractivity contribution in [3.63, 3.8) is 0 Å². The van der Waals surface area contributed by atoms with Gasteiger partial charge in [-0.25, -0.2) is 4.79 Å². The summed E-state index contributed by atoms with van der Waals surface area (Å²) < 4.78 is 10.6. The third-order valence-corrected chi connectivity index (χ3v) is 4.05. The molecule has 0 atom stereocenters. The summed E-state index contributed by atoms with van der Waals surface area (Å²) in [5, 5.41) is 5.46. The van der Waals surface area contributed by atoms with Gasteiger partial charge in [-0.3, -0.25) is 0 Å². The highest BCUT2D eigenvalue weighted by Gasteiger charge is 2.17. The molecule has 4 nitrogen and oxygen atoms in total. The van der Waals surface area contributed by atoms with E-state index in [4.69, 9.17) is 9.47 Å². The first-order valence-corrected chi connectivity index (χ1v) is 8.49. The molecule has 3 rings (SSSR count). The number of methoxy groups -OCH3 is 1. The van der Waals surface area contributed by atoms with E-state index in [0.717, 1.165) is 16.5 Å². The molecule has 4 heteroatoms. The molecule has 0 aromatic heterocycles. The molecule has 0 aliphatic carbocycles. The first-order chi connectivity index (χ1) is 12.7. The van der Waals surface area contributed by atoms with Crippen molar-refractivity contribution in [1.29, 1.82) is 0 Å². The molecule has 26 heavy (non-hydrogen) atoms. The average molecular weight is 347 g/mol. The van der Waals surface area contributed by atoms with Crippen molar-refractivity contribution in [2.24, 2.45) is 0 Å². The molecule has 3 aromatic rings. The summed E-state index contributed by atoms with van der Waals surface area (Å²) in [6.07, 6.45) is 1.68. The number of benzene rings is 3. The normalized spacial score (nSPS) is 11.2. The fraction of sp³-hybridized carbons (Fsp3) is 0.136. The highest BCUT2D eigenvalue weighted by Crippen LogP contribution is 2.28. The van der Waals surface area contributed by atoms with Gasteiger partial charge in [0.2, 0.25) is 0 Å². The Labute approximate surface area is 153 Å². The van der Waals surface area contributed by atoms with Crippen LogP contribution < -0.4 is 10.1 Å². The number of anilines is 1. The Morgan fingerprint density at radius 2 is 1.73 bits per heavy atom. The molecule has 0 aliphatic rings. The van der Waals surface area contributed by atoms with Crippen molar-refractivity contribution in [3.8, 4) is 5.75 Å². The molecule has 0 heterocycles. The Balaban J connectivity index is 2.03. The Bertz CT molecular complexity index is 942. The van der Waals surface area contributed by atoms with Crippen LogP contribution in [-0.2, 0) is 9.53 Å². The Hall–Kier alpha value is -3.27. The number of hydrogen-bond donors (Lipinski definition) is 1. The van der Waals surface area contributed by atoms with Crippen molar-refractivity contribution in [2.45, 2.75) is 6.92 Å². The maximum absolute atomic E-state index is 12.5. The van der Waals surface area contributed by atoms with Crippen LogP contribution in [0.2, 0.25) is 0 Å². The van der Waals surface area contributed by atoms with Crippen LogP contribution in [0.5, 0.6) is 5.75 Å². The summed E-state index contributed by atoms with van der Waals surface area (Å²) in [5.41, 5.74) is 2.01. The molecule has 0 spiro atoms. The molecule has 0 bridgehead atoms. The maximum atomic E-state index is 12.5. The molecule has 3 aromatic carbocycles. The first-order valence-electron chi connectivity index (χ1n) is 8.49. The number of rotatable bonds is 6. The van der Waals surface area contributed by atoms with Crippen LogP contribution >= 0.6 is 0 Å². The Morgan fingerprint density at radius 3 is 2.54 bits per heavy atom. The van der Waals surface area contributed by atoms with Gasteiger partial charge in [-0.05, 0) is 24.4 Å². The minimum atomic E-state index is -0.398. The average Bonchev–Trinajstić information content (AvgIpc) is 2.69. The van der Waals surface area contributed by atoms with Crippen LogP contribution in [0.4, 0.5) is 5.69 Å². The van der Waals surface area contributed by atoms with Gasteiger partial charge < -0.3 is 14.8 Å². The largest absolute Gasteiger partial charge is 0.496 e. The van der Waals surface area contributed by atoms with Crippen molar-refractivity contribution < 1.29 is 14.3 Å². The molecule has 1 N–H and O–H groups in total. The van der Waals surface area contributed by atoms with Gasteiger partial charge in [0.1, 0.15) is 5.75 Å². The fourth-order valence-corrected chi connectivity index (χ4v) is 2.82. The van der Waals surface area contributed by atoms with E-state index in [2.05, 4.69) is 17.4 Å². The molecular weight excluding hydrogens is 326 g/mol. The monoisotopic (exact) mass is 347 g/mol. The molecule has 0 fully saturated rings. The quantitative estimate of drug-likeness (QED) is 0.511. The van der Waals surface area contributed by atoms with Crippen LogP contribution in [0.25, 0.3) is 16.3 Å². The molecule has 0 unspecified atom stereocenters. The molecule has 0 aliphatic heterocycles. The molecular formula is C22H21NO3. The van der Waals surface area contributed by atoms with Crippen molar-refractivity contribution in [1.82, 2.24) is 0 Å². The topological polar surface area (TPSA) is 47.6 Å². The van der Waals surface area contributed by atoms with E-state index in [1.807, 2.05) is 54.6 Å². The summed E-state index contributed by atoms with van der Waals surface area (Å²) in [6.45, 7) is 2.09. The zero-order chi connectivity index (χ0) is 18.4. The zero-order valence-electron chi connectivity index (χ0n) is 14.9. The lowest BCUT2D eigenvalue weighted by molar-refractivity contribution is -0.136. The second kappa shape index (κ2) is 8.21. The minimum Gasteiger partial charge on any atom is -0.496 e. The van der Waals surface area contributed by atoms with Crippen LogP contribution in [0.1, 0.15) is 12.5 Å². The van der Waals surface area contributed by atoms with Gasteiger partial charge >= 0.3 is 5.97 Å². The number of hydrogen-bond acceptors (Lipinski definition) is 4. The highest BCUT2D eigenvalue weighted by atomic mass is 16.5. The van der Waals surface area contributed by atoms with E-state index in [0.29, 0.717) is 23.5 Å². The van der Waals surface area contributed by atoms with E-state index in [1.165, 1.54) is 0 Å². The molecule has 0 saturated heterocycles. The number of esters is 1. The van der Waals surface area contributed by atoms with E-state index in [1.54, 1.807) is 20.2 Å². The minimum absolute atomic E-state index is 0.305. The summed E-state index contributed by atoms with van der Waals surface area (Å²) in [5.74, 6) is 0.219. The molecule has 132 valence electrons. The van der Waals surface area contributed by atoms with E-state index < -0.39 is 5.97 Å². The van der Waals surface area contributed by atoms with Crippen molar-refractivity contribution in [2.75, 3.05) is 19.0 Å². The van der Waals surface area contributed by atoms with Gasteiger partial charge in [0.15, 0.2) is 0 Å². The van der Waals surface area contributed by atoms with E-state index in [-0.39, 0.29) is 0 Å². The number of carbonyl (C=O) groups excluding carboxylic acids is 1. The lowest BCUT2D eigenvalue weighted by Gasteiger charge is -2.13. The van der Waals surface area contributed by atoms with E-state index >= 15 is 0 Å². The molecule has 0 saturated carbocycles. The summed E-state index contributed by atoms with van der Waals surface area (Å²) >= 11 is 0. The second-order valence-corrected chi connectivity index (χ2v) is 5.65. The standard InChI is InChI=1S/C22H21NO3/c1-3-26-22(24)19(18-12-6-7-14-21(18)25-2)15-23-20-13-8-10-16-9-4-5-11-17(16)20/h4-15,23H,3H2,1-2H3/b19-15-. The maximum Gasteiger partial charge on any atom is 0.340 e. The first kappa shape index (κ1) is 17.5. The summed E-state index contributed by atoms with van der Waals surface area (Å²) in [6, 6.07) is 21.5. The van der Waals surface area contributed by atoms with Gasteiger partial charge in [-0.1, -0.05) is 54.6 Å². The highest BCUT2D eigenvalue weighted by molar-refractivity contribution is 6.17. The van der Waals surface area contributed by atoms with Crippen LogP contribution in [0, 0.1) is 0 Å². The number of nitrogens with one attached hydrogen (secondary N) is 1. The number of ether oxygens (including phenoxy) is 2. The van der Waals surface area contributed by atoms with Crippen LogP contribution in [0.3, 0.4) is 0 Å². The third kappa shape index (κ3) is 3.70. The molecule has 0 radical (unpaired) electrons. The SMILES string of the molecule is CCOC(=O)/C(=C\Nc1cccc2ccccc12)c1ccccc1OC. The van der Waals surface area contributed by atoms with Gasteiger partial charge in [-0.2, -0.15) is 0 Å². The number of para-hydroxylation sites is 1. The van der Waals surface area contributed by atoms with Gasteiger partial charge in [0.25, 0.3) is 0 Å². The lowest BCUT2D eigenvalue weighted by atomic mass is 10.1. The fourth-order valence-electron chi connectivity index (χ4n) is 2.82. The van der Waals surface area contributed by atoms with Crippen LogP contribution in [-0.4, -0.2) is 19.7 Å². The predicted molar refractivity (Wildman–Crippen MR) is 105 cm³/mol. The van der Waals surface area contributed by atoms with E-state index in [9.17, 15) is 4.79 Å². The van der Waals surface area contributed by atoms with Gasteiger partial charge in [0.05, 0.1) is 19.3 Å². The Kier molecular flexibility index (Phi) is 5.54. The zero-order valence-corrected chi connectivity index (χ0v) is 14.9. The number of fused-ring (bicyclic) bond motifs is 1. The van der Waals surface area contributed by atoms with Crippen LogP contribution in [0.15, 0.2) is 72.9 Å². The smallest absolute Gasteiger partial charge is 0.340 e. The lowest BCUT2D eigenvalue weighted by Crippen LogP contribution is -2.09. The summed E-state index contributed by atoms with van der Waals surface area (Å²) in [7, 11) is 1.58. The summed E-state index contributed by atoms with van der Waals surface area (Å²) in [4.78, 5) is 12.5. The van der Waals surface area contributed by atoms with Crippen molar-refractivity contribution in [3.05, 3.63) is 78.5 Å². The predicted octanol–water partition coefficient (Wildman–Crippen LogP) is 4.86. The number of carbonyl (C=O) groups is 1. The van der Waals surface area contributed by atoms with Gasteiger partial charge in [0, 0.05) is 22.8 Å². The van der Waals surface area contributed by atoms with Gasteiger partial charge in [-0.15, -0.1) is 0 Å². The second-order valence-electron chi connectivity index (χ2n) is 5.65.